The Morgan fingerprint density at radius 1 is 1.47 bits per heavy atom. The fraction of sp³-hybridized carbons (Fsp3) is 0.571. The zero-order valence-electron chi connectivity index (χ0n) is 10.8. The lowest BCUT2D eigenvalue weighted by Crippen LogP contribution is -2.57. The van der Waals surface area contributed by atoms with Crippen molar-refractivity contribution in [3.63, 3.8) is 0 Å². The number of nitrogens with two attached hydrogens (primary N) is 1. The second-order valence-electron chi connectivity index (χ2n) is 4.85. The van der Waals surface area contributed by atoms with Crippen LogP contribution in [0.3, 0.4) is 0 Å². The molecular weight excluding hydrogens is 214 g/mol. The van der Waals surface area contributed by atoms with E-state index < -0.39 is 0 Å². The zero-order valence-corrected chi connectivity index (χ0v) is 10.8. The fourth-order valence-electron chi connectivity index (χ4n) is 2.29. The summed E-state index contributed by atoms with van der Waals surface area (Å²) in [6, 6.07) is 6.44. The molecule has 1 aromatic rings. The monoisotopic (exact) mass is 235 g/mol. The molecule has 0 saturated carbocycles. The first-order valence-corrected chi connectivity index (χ1v) is 6.17. The van der Waals surface area contributed by atoms with E-state index in [9.17, 15) is 0 Å². The molecule has 0 radical (unpaired) electrons. The van der Waals surface area contributed by atoms with Crippen LogP contribution in [0.5, 0.6) is 5.75 Å². The van der Waals surface area contributed by atoms with Gasteiger partial charge in [0.05, 0.1) is 25.2 Å². The van der Waals surface area contributed by atoms with Crippen molar-refractivity contribution in [2.45, 2.75) is 32.2 Å². The number of hydrogen-bond donors (Lipinski definition) is 1. The molecule has 0 aromatic heterocycles. The van der Waals surface area contributed by atoms with Crippen LogP contribution in [-0.4, -0.2) is 25.9 Å². The van der Waals surface area contributed by atoms with Gasteiger partial charge in [-0.1, -0.05) is 12.1 Å². The summed E-state index contributed by atoms with van der Waals surface area (Å²) in [6.45, 7) is 8.26. The van der Waals surface area contributed by atoms with E-state index in [1.165, 1.54) is 5.56 Å². The maximum atomic E-state index is 6.10. The molecule has 2 N–H and O–H groups in total. The van der Waals surface area contributed by atoms with Gasteiger partial charge in [0.1, 0.15) is 5.75 Å². The molecule has 3 heteroatoms. The number of aryl methyl sites for hydroxylation is 1. The van der Waals surface area contributed by atoms with Crippen molar-refractivity contribution >= 4 is 0 Å². The van der Waals surface area contributed by atoms with Crippen molar-refractivity contribution in [2.24, 2.45) is 5.73 Å². The molecule has 3 nitrogen and oxygen atoms in total. The van der Waals surface area contributed by atoms with Crippen molar-refractivity contribution < 1.29 is 9.47 Å². The number of hydrogen-bond acceptors (Lipinski definition) is 3. The van der Waals surface area contributed by atoms with Crippen LogP contribution in [0.15, 0.2) is 18.2 Å². The average molecular weight is 235 g/mol. The Bertz CT molecular complexity index is 397. The summed E-state index contributed by atoms with van der Waals surface area (Å²) in [6.07, 6.45) is 0. The molecule has 1 aromatic carbocycles. The van der Waals surface area contributed by atoms with E-state index in [1.54, 1.807) is 0 Å². The molecule has 1 aliphatic heterocycles. The number of rotatable bonds is 4. The Balaban J connectivity index is 2.30. The second-order valence-corrected chi connectivity index (χ2v) is 4.85. The van der Waals surface area contributed by atoms with Gasteiger partial charge in [-0.2, -0.15) is 0 Å². The molecule has 1 atom stereocenters. The largest absolute Gasteiger partial charge is 0.494 e. The predicted octanol–water partition coefficient (Wildman–Crippen LogP) is 2.01. The first-order chi connectivity index (χ1) is 8.10. The Morgan fingerprint density at radius 3 is 2.59 bits per heavy atom. The average Bonchev–Trinajstić information content (AvgIpc) is 2.20. The van der Waals surface area contributed by atoms with Crippen LogP contribution in [0.1, 0.15) is 25.0 Å². The molecule has 0 bridgehead atoms. The van der Waals surface area contributed by atoms with E-state index >= 15 is 0 Å². The van der Waals surface area contributed by atoms with Crippen LogP contribution in [0.4, 0.5) is 0 Å². The highest BCUT2D eigenvalue weighted by Crippen LogP contribution is 2.36. The van der Waals surface area contributed by atoms with Crippen LogP contribution in [0.2, 0.25) is 0 Å². The van der Waals surface area contributed by atoms with Gasteiger partial charge in [-0.3, -0.25) is 0 Å². The summed E-state index contributed by atoms with van der Waals surface area (Å²) in [7, 11) is 0. The minimum atomic E-state index is -0.00446. The van der Waals surface area contributed by atoms with E-state index in [0.717, 1.165) is 24.5 Å². The fourth-order valence-corrected chi connectivity index (χ4v) is 2.29. The van der Waals surface area contributed by atoms with Gasteiger partial charge in [-0.25, -0.2) is 0 Å². The molecule has 1 fully saturated rings. The standard InChI is InChI=1S/C14H21NO2/c1-4-17-13-6-5-12(7-10(13)2)14(11(3)15)8-16-9-14/h5-7,11H,4,8-9,15H2,1-3H3. The quantitative estimate of drug-likeness (QED) is 0.868. The van der Waals surface area contributed by atoms with Crippen LogP contribution >= 0.6 is 0 Å². The highest BCUT2D eigenvalue weighted by atomic mass is 16.5. The Morgan fingerprint density at radius 2 is 2.18 bits per heavy atom. The minimum absolute atomic E-state index is 0.00446. The summed E-state index contributed by atoms with van der Waals surface area (Å²) in [4.78, 5) is 0. The zero-order chi connectivity index (χ0) is 12.5. The lowest BCUT2D eigenvalue weighted by molar-refractivity contribution is -0.0702. The third-order valence-corrected chi connectivity index (χ3v) is 3.64. The lowest BCUT2D eigenvalue weighted by Gasteiger charge is -2.45. The molecule has 1 unspecified atom stereocenters. The van der Waals surface area contributed by atoms with Crippen LogP contribution < -0.4 is 10.5 Å². The summed E-state index contributed by atoms with van der Waals surface area (Å²) in [5.74, 6) is 0.955. The van der Waals surface area contributed by atoms with Crippen molar-refractivity contribution in [3.8, 4) is 5.75 Å². The van der Waals surface area contributed by atoms with Gasteiger partial charge in [0.15, 0.2) is 0 Å². The van der Waals surface area contributed by atoms with Crippen molar-refractivity contribution in [2.75, 3.05) is 19.8 Å². The summed E-state index contributed by atoms with van der Waals surface area (Å²) < 4.78 is 10.9. The van der Waals surface area contributed by atoms with E-state index in [0.29, 0.717) is 6.61 Å². The summed E-state index contributed by atoms with van der Waals surface area (Å²) in [5, 5.41) is 0. The van der Waals surface area contributed by atoms with Gasteiger partial charge in [-0.15, -0.1) is 0 Å². The maximum absolute atomic E-state index is 6.10. The van der Waals surface area contributed by atoms with E-state index in [4.69, 9.17) is 15.2 Å². The normalized spacial score (nSPS) is 19.5. The van der Waals surface area contributed by atoms with E-state index in [-0.39, 0.29) is 11.5 Å². The van der Waals surface area contributed by atoms with Crippen molar-refractivity contribution in [1.82, 2.24) is 0 Å². The molecule has 1 saturated heterocycles. The van der Waals surface area contributed by atoms with Crippen LogP contribution in [0, 0.1) is 6.92 Å². The van der Waals surface area contributed by atoms with Gasteiger partial charge in [0.25, 0.3) is 0 Å². The molecule has 94 valence electrons. The first-order valence-electron chi connectivity index (χ1n) is 6.17. The molecule has 17 heavy (non-hydrogen) atoms. The maximum Gasteiger partial charge on any atom is 0.122 e. The third-order valence-electron chi connectivity index (χ3n) is 3.64. The molecule has 0 spiro atoms. The molecule has 0 aliphatic carbocycles. The summed E-state index contributed by atoms with van der Waals surface area (Å²) >= 11 is 0. The van der Waals surface area contributed by atoms with Crippen molar-refractivity contribution in [1.29, 1.82) is 0 Å². The van der Waals surface area contributed by atoms with Crippen molar-refractivity contribution in [3.05, 3.63) is 29.3 Å². The van der Waals surface area contributed by atoms with E-state index in [2.05, 4.69) is 19.1 Å². The van der Waals surface area contributed by atoms with Gasteiger partial charge in [0.2, 0.25) is 0 Å². The highest BCUT2D eigenvalue weighted by Gasteiger charge is 2.43. The number of ether oxygens (including phenoxy) is 2. The SMILES string of the molecule is CCOc1ccc(C2(C(C)N)COC2)cc1C. The lowest BCUT2D eigenvalue weighted by atomic mass is 9.73. The Hall–Kier alpha value is -1.06. The Labute approximate surface area is 103 Å². The topological polar surface area (TPSA) is 44.5 Å². The van der Waals surface area contributed by atoms with Gasteiger partial charge in [0, 0.05) is 6.04 Å². The summed E-state index contributed by atoms with van der Waals surface area (Å²) in [5.41, 5.74) is 8.52. The second kappa shape index (κ2) is 4.67. The first kappa shape index (κ1) is 12.4. The van der Waals surface area contributed by atoms with Gasteiger partial charge in [-0.05, 0) is 38.0 Å². The molecular formula is C14H21NO2. The smallest absolute Gasteiger partial charge is 0.122 e. The van der Waals surface area contributed by atoms with Crippen LogP contribution in [0.25, 0.3) is 0 Å². The highest BCUT2D eigenvalue weighted by molar-refractivity contribution is 5.41. The van der Waals surface area contributed by atoms with Gasteiger partial charge >= 0.3 is 0 Å². The molecule has 1 aliphatic rings. The minimum Gasteiger partial charge on any atom is -0.494 e. The number of benzene rings is 1. The predicted molar refractivity (Wildman–Crippen MR) is 68.5 cm³/mol. The van der Waals surface area contributed by atoms with Crippen LogP contribution in [-0.2, 0) is 10.2 Å². The Kier molecular flexibility index (Phi) is 3.40. The van der Waals surface area contributed by atoms with Gasteiger partial charge < -0.3 is 15.2 Å². The molecule has 0 amide bonds. The molecule has 2 rings (SSSR count). The molecule has 1 heterocycles. The van der Waals surface area contributed by atoms with E-state index in [1.807, 2.05) is 19.9 Å². The third kappa shape index (κ3) is 2.05.